The van der Waals surface area contributed by atoms with Gasteiger partial charge in [-0.3, -0.25) is 4.79 Å². The largest absolute Gasteiger partial charge is 0.497 e. The number of carbonyl (C=O) groups excluding carboxylic acids is 1. The average molecular weight is 409 g/mol. The molecule has 0 spiro atoms. The van der Waals surface area contributed by atoms with Crippen LogP contribution in [0.3, 0.4) is 0 Å². The average Bonchev–Trinajstić information content (AvgIpc) is 3.09. The predicted molar refractivity (Wildman–Crippen MR) is 119 cm³/mol. The fourth-order valence-corrected chi connectivity index (χ4v) is 4.55. The van der Waals surface area contributed by atoms with Crippen LogP contribution in [-0.2, 0) is 12.8 Å². The molecule has 0 bridgehead atoms. The molecule has 1 heterocycles. The molecule has 0 N–H and O–H groups in total. The molecule has 0 saturated heterocycles. The number of benzene rings is 2. The van der Waals surface area contributed by atoms with Gasteiger partial charge in [-0.1, -0.05) is 42.5 Å². The Morgan fingerprint density at radius 1 is 1.10 bits per heavy atom. The minimum absolute atomic E-state index is 0.0721. The van der Waals surface area contributed by atoms with Crippen LogP contribution in [0, 0.1) is 6.92 Å². The van der Waals surface area contributed by atoms with Crippen molar-refractivity contribution in [3.8, 4) is 5.75 Å². The lowest BCUT2D eigenvalue weighted by atomic mass is 10.1. The first-order chi connectivity index (χ1) is 14.0. The van der Waals surface area contributed by atoms with Gasteiger partial charge in [-0.15, -0.1) is 11.3 Å². The maximum Gasteiger partial charge on any atom is 0.266 e. The maximum atomic E-state index is 13.3. The molecule has 4 nitrogen and oxygen atoms in total. The van der Waals surface area contributed by atoms with Gasteiger partial charge in [0.1, 0.15) is 10.6 Å². The summed E-state index contributed by atoms with van der Waals surface area (Å²) in [5.41, 5.74) is 3.22. The Bertz CT molecular complexity index is 935. The highest BCUT2D eigenvalue weighted by atomic mass is 32.1. The van der Waals surface area contributed by atoms with Gasteiger partial charge in [0.15, 0.2) is 0 Å². The third-order valence-electron chi connectivity index (χ3n) is 5.06. The fraction of sp³-hybridized carbons (Fsp3) is 0.333. The number of hydrogen-bond acceptors (Lipinski definition) is 4. The molecular formula is C24H28N2O2S. The van der Waals surface area contributed by atoms with Crippen LogP contribution in [0.4, 0.5) is 0 Å². The van der Waals surface area contributed by atoms with Crippen LogP contribution in [0.15, 0.2) is 54.6 Å². The number of amides is 1. The second-order valence-electron chi connectivity index (χ2n) is 7.18. The first-order valence-electron chi connectivity index (χ1n) is 9.96. The summed E-state index contributed by atoms with van der Waals surface area (Å²) in [6.07, 6.45) is 1.56. The third kappa shape index (κ3) is 5.24. The van der Waals surface area contributed by atoms with Crippen LogP contribution in [0.25, 0.3) is 0 Å². The molecule has 1 amide bonds. The molecule has 1 atom stereocenters. The Hall–Kier alpha value is -2.66. The van der Waals surface area contributed by atoms with Crippen molar-refractivity contribution in [3.63, 3.8) is 0 Å². The number of nitrogens with zero attached hydrogens (tertiary/aromatic N) is 2. The highest BCUT2D eigenvalue weighted by Gasteiger charge is 2.24. The number of carbonyl (C=O) groups is 1. The summed E-state index contributed by atoms with van der Waals surface area (Å²) in [6.45, 7) is 6.73. The maximum absolute atomic E-state index is 13.3. The molecule has 1 aromatic heterocycles. The molecule has 2 aromatic carbocycles. The van der Waals surface area contributed by atoms with E-state index in [1.54, 1.807) is 7.11 Å². The molecule has 29 heavy (non-hydrogen) atoms. The van der Waals surface area contributed by atoms with Crippen LogP contribution in [0.1, 0.15) is 45.3 Å². The zero-order valence-corrected chi connectivity index (χ0v) is 18.3. The Kier molecular flexibility index (Phi) is 7.04. The monoisotopic (exact) mass is 408 g/mol. The van der Waals surface area contributed by atoms with Crippen molar-refractivity contribution in [2.24, 2.45) is 0 Å². The molecule has 1 unspecified atom stereocenters. The van der Waals surface area contributed by atoms with Crippen LogP contribution in [-0.4, -0.2) is 35.5 Å². The Morgan fingerprint density at radius 2 is 1.79 bits per heavy atom. The number of methoxy groups -OCH3 is 1. The van der Waals surface area contributed by atoms with E-state index in [9.17, 15) is 4.79 Å². The van der Waals surface area contributed by atoms with Gasteiger partial charge in [0.05, 0.1) is 17.8 Å². The van der Waals surface area contributed by atoms with Gasteiger partial charge in [0.25, 0.3) is 5.91 Å². The Balaban J connectivity index is 1.72. The fourth-order valence-electron chi connectivity index (χ4n) is 3.50. The molecule has 0 aliphatic rings. The van der Waals surface area contributed by atoms with Crippen molar-refractivity contribution in [1.82, 2.24) is 9.88 Å². The quantitative estimate of drug-likeness (QED) is 0.518. The molecule has 0 aliphatic heterocycles. The van der Waals surface area contributed by atoms with Crippen LogP contribution in [0.2, 0.25) is 0 Å². The van der Waals surface area contributed by atoms with Crippen molar-refractivity contribution in [1.29, 1.82) is 0 Å². The number of ether oxygens (including phenoxy) is 1. The van der Waals surface area contributed by atoms with Gasteiger partial charge < -0.3 is 9.64 Å². The Morgan fingerprint density at radius 3 is 2.41 bits per heavy atom. The standard InChI is InChI=1S/C24H28N2O2S/c1-5-26(17(2)15-20-11-13-21(28-4)14-12-20)24(27)23-18(3)25-22(29-23)16-19-9-7-6-8-10-19/h6-14,17H,5,15-16H2,1-4H3. The number of thiazole rings is 1. The van der Waals surface area contributed by atoms with E-state index in [1.165, 1.54) is 22.5 Å². The van der Waals surface area contributed by atoms with E-state index in [-0.39, 0.29) is 11.9 Å². The lowest BCUT2D eigenvalue weighted by molar-refractivity contribution is 0.0707. The number of aromatic nitrogens is 1. The first-order valence-corrected chi connectivity index (χ1v) is 10.8. The van der Waals surface area contributed by atoms with E-state index in [4.69, 9.17) is 4.74 Å². The van der Waals surface area contributed by atoms with Crippen molar-refractivity contribution in [3.05, 3.63) is 81.3 Å². The summed E-state index contributed by atoms with van der Waals surface area (Å²) in [7, 11) is 1.67. The minimum Gasteiger partial charge on any atom is -0.497 e. The van der Waals surface area contributed by atoms with Crippen molar-refractivity contribution in [2.75, 3.05) is 13.7 Å². The SMILES string of the molecule is CCN(C(=O)c1sc(Cc2ccccc2)nc1C)C(C)Cc1ccc(OC)cc1. The summed E-state index contributed by atoms with van der Waals surface area (Å²) < 4.78 is 5.23. The summed E-state index contributed by atoms with van der Waals surface area (Å²) >= 11 is 1.52. The van der Waals surface area contributed by atoms with E-state index in [1.807, 2.05) is 49.1 Å². The van der Waals surface area contributed by atoms with E-state index < -0.39 is 0 Å². The number of hydrogen-bond donors (Lipinski definition) is 0. The summed E-state index contributed by atoms with van der Waals surface area (Å²) in [5, 5.41) is 0.982. The van der Waals surface area contributed by atoms with Crippen LogP contribution < -0.4 is 4.74 Å². The predicted octanol–water partition coefficient (Wildman–Crippen LogP) is 5.14. The van der Waals surface area contributed by atoms with Gasteiger partial charge in [-0.25, -0.2) is 4.98 Å². The first kappa shape index (κ1) is 21.1. The van der Waals surface area contributed by atoms with Gasteiger partial charge in [0, 0.05) is 19.0 Å². The van der Waals surface area contributed by atoms with E-state index in [0.29, 0.717) is 6.54 Å². The van der Waals surface area contributed by atoms with Crippen molar-refractivity contribution >= 4 is 17.2 Å². The van der Waals surface area contributed by atoms with Crippen molar-refractivity contribution < 1.29 is 9.53 Å². The Labute approximate surface area is 177 Å². The molecule has 0 radical (unpaired) electrons. The normalized spacial score (nSPS) is 11.9. The van der Waals surface area contributed by atoms with E-state index in [0.717, 1.165) is 34.2 Å². The zero-order valence-electron chi connectivity index (χ0n) is 17.5. The summed E-state index contributed by atoms with van der Waals surface area (Å²) in [4.78, 5) is 20.6. The summed E-state index contributed by atoms with van der Waals surface area (Å²) in [6, 6.07) is 18.4. The molecule has 152 valence electrons. The lowest BCUT2D eigenvalue weighted by Crippen LogP contribution is -2.39. The van der Waals surface area contributed by atoms with Gasteiger partial charge in [-0.2, -0.15) is 0 Å². The highest BCUT2D eigenvalue weighted by Crippen LogP contribution is 2.24. The van der Waals surface area contributed by atoms with Crippen molar-refractivity contribution in [2.45, 2.75) is 39.7 Å². The topological polar surface area (TPSA) is 42.4 Å². The van der Waals surface area contributed by atoms with Gasteiger partial charge in [0.2, 0.25) is 0 Å². The molecule has 3 aromatic rings. The molecule has 0 fully saturated rings. The highest BCUT2D eigenvalue weighted by molar-refractivity contribution is 7.13. The second-order valence-corrected chi connectivity index (χ2v) is 8.26. The van der Waals surface area contributed by atoms with E-state index >= 15 is 0 Å². The lowest BCUT2D eigenvalue weighted by Gasteiger charge is -2.28. The summed E-state index contributed by atoms with van der Waals surface area (Å²) in [5.74, 6) is 0.916. The zero-order chi connectivity index (χ0) is 20.8. The number of aryl methyl sites for hydroxylation is 1. The van der Waals surface area contributed by atoms with E-state index in [2.05, 4.69) is 36.2 Å². The molecule has 5 heteroatoms. The van der Waals surface area contributed by atoms with Gasteiger partial charge >= 0.3 is 0 Å². The molecule has 0 aliphatic carbocycles. The molecular weight excluding hydrogens is 380 g/mol. The van der Waals surface area contributed by atoms with Crippen LogP contribution in [0.5, 0.6) is 5.75 Å². The smallest absolute Gasteiger partial charge is 0.266 e. The second kappa shape index (κ2) is 9.70. The van der Waals surface area contributed by atoms with Gasteiger partial charge in [-0.05, 0) is 50.5 Å². The third-order valence-corrected chi connectivity index (χ3v) is 6.20. The molecule has 0 saturated carbocycles. The molecule has 3 rings (SSSR count). The number of rotatable bonds is 8. The van der Waals surface area contributed by atoms with Crippen LogP contribution >= 0.6 is 11.3 Å². The number of likely N-dealkylation sites (N-methyl/N-ethyl adjacent to an activating group) is 1. The minimum atomic E-state index is 0.0721.